The van der Waals surface area contributed by atoms with Gasteiger partial charge in [0.05, 0.1) is 5.60 Å². The number of nitrogens with zero attached hydrogens (tertiary/aromatic N) is 2. The topological polar surface area (TPSA) is 43.8 Å². The molecule has 2 heterocycles. The van der Waals surface area contributed by atoms with E-state index in [1.165, 1.54) is 31.5 Å². The van der Waals surface area contributed by atoms with Gasteiger partial charge in [0.1, 0.15) is 0 Å². The van der Waals surface area contributed by atoms with Crippen LogP contribution in [-0.2, 0) is 6.42 Å². The third kappa shape index (κ3) is 5.05. The lowest BCUT2D eigenvalue weighted by atomic mass is 9.98. The van der Waals surface area contributed by atoms with E-state index in [0.29, 0.717) is 6.04 Å². The molecule has 25 heavy (non-hydrogen) atoms. The Balaban J connectivity index is 1.59. The molecule has 4 nitrogen and oxygen atoms in total. The van der Waals surface area contributed by atoms with Crippen LogP contribution in [0.5, 0.6) is 0 Å². The maximum absolute atomic E-state index is 12.9. The maximum atomic E-state index is 12.9. The Morgan fingerprint density at radius 1 is 1.12 bits per heavy atom. The van der Waals surface area contributed by atoms with Gasteiger partial charge in [-0.15, -0.1) is 0 Å². The van der Waals surface area contributed by atoms with Gasteiger partial charge in [-0.3, -0.25) is 4.79 Å². The van der Waals surface area contributed by atoms with Crippen molar-refractivity contribution in [1.29, 1.82) is 0 Å². The summed E-state index contributed by atoms with van der Waals surface area (Å²) in [4.78, 5) is 17.5. The van der Waals surface area contributed by atoms with Gasteiger partial charge in [-0.05, 0) is 83.2 Å². The van der Waals surface area contributed by atoms with E-state index >= 15 is 0 Å². The highest BCUT2D eigenvalue weighted by atomic mass is 16.3. The Kier molecular flexibility index (Phi) is 5.80. The number of carbonyl (C=O) groups excluding carboxylic acids is 1. The molecule has 0 aromatic heterocycles. The van der Waals surface area contributed by atoms with Crippen LogP contribution < -0.4 is 0 Å². The first-order valence-electron chi connectivity index (χ1n) is 9.77. The lowest BCUT2D eigenvalue weighted by molar-refractivity contribution is 0.0701. The Labute approximate surface area is 151 Å². The van der Waals surface area contributed by atoms with Crippen molar-refractivity contribution < 1.29 is 9.90 Å². The maximum Gasteiger partial charge on any atom is 0.254 e. The highest BCUT2D eigenvalue weighted by Gasteiger charge is 2.31. The molecule has 138 valence electrons. The van der Waals surface area contributed by atoms with Crippen LogP contribution in [0.3, 0.4) is 0 Å². The van der Waals surface area contributed by atoms with Gasteiger partial charge in [-0.2, -0.15) is 0 Å². The van der Waals surface area contributed by atoms with Crippen LogP contribution in [0, 0.1) is 0 Å². The average Bonchev–Trinajstić information content (AvgIpc) is 3.24. The number of hydrogen-bond acceptors (Lipinski definition) is 3. The summed E-state index contributed by atoms with van der Waals surface area (Å²) >= 11 is 0. The normalized spacial score (nSPS) is 21.9. The van der Waals surface area contributed by atoms with Crippen LogP contribution in [0.4, 0.5) is 0 Å². The zero-order valence-corrected chi connectivity index (χ0v) is 15.7. The number of carbonyl (C=O) groups is 1. The van der Waals surface area contributed by atoms with E-state index in [1.807, 2.05) is 38.1 Å². The molecule has 0 saturated carbocycles. The summed E-state index contributed by atoms with van der Waals surface area (Å²) in [6, 6.07) is 8.34. The van der Waals surface area contributed by atoms with Gasteiger partial charge >= 0.3 is 0 Å². The van der Waals surface area contributed by atoms with Crippen molar-refractivity contribution in [2.75, 3.05) is 26.2 Å². The molecule has 2 saturated heterocycles. The smallest absolute Gasteiger partial charge is 0.254 e. The van der Waals surface area contributed by atoms with Crippen LogP contribution in [0.2, 0.25) is 0 Å². The van der Waals surface area contributed by atoms with Gasteiger partial charge in [-0.1, -0.05) is 12.1 Å². The largest absolute Gasteiger partial charge is 0.390 e. The molecule has 1 N–H and O–H groups in total. The number of likely N-dealkylation sites (tertiary alicyclic amines) is 2. The van der Waals surface area contributed by atoms with Crippen molar-refractivity contribution in [3.8, 4) is 0 Å². The van der Waals surface area contributed by atoms with Gasteiger partial charge < -0.3 is 14.9 Å². The molecule has 1 amide bonds. The Hall–Kier alpha value is -1.39. The van der Waals surface area contributed by atoms with E-state index in [9.17, 15) is 9.90 Å². The summed E-state index contributed by atoms with van der Waals surface area (Å²) in [6.45, 7) is 7.97. The SMILES string of the molecule is CC(C)(O)CCc1ccc(C(=O)N2CCC[C@H]2CN2CCCC2)cc1. The molecule has 4 heteroatoms. The van der Waals surface area contributed by atoms with Crippen molar-refractivity contribution in [2.45, 2.75) is 64.0 Å². The van der Waals surface area contributed by atoms with E-state index in [0.717, 1.165) is 44.3 Å². The second-order valence-electron chi connectivity index (χ2n) is 8.31. The quantitative estimate of drug-likeness (QED) is 0.862. The van der Waals surface area contributed by atoms with Gasteiger partial charge in [0.2, 0.25) is 0 Å². The second kappa shape index (κ2) is 7.88. The summed E-state index contributed by atoms with van der Waals surface area (Å²) in [5.74, 6) is 0.177. The molecule has 3 rings (SSSR count). The third-order valence-corrected chi connectivity index (χ3v) is 5.53. The molecule has 1 aromatic rings. The molecule has 2 fully saturated rings. The monoisotopic (exact) mass is 344 g/mol. The molecule has 1 atom stereocenters. The first-order valence-corrected chi connectivity index (χ1v) is 9.77. The van der Waals surface area contributed by atoms with E-state index < -0.39 is 5.60 Å². The number of benzene rings is 1. The van der Waals surface area contributed by atoms with E-state index in [4.69, 9.17) is 0 Å². The first-order chi connectivity index (χ1) is 11.9. The minimum Gasteiger partial charge on any atom is -0.390 e. The molecular formula is C21H32N2O2. The van der Waals surface area contributed by atoms with E-state index in [-0.39, 0.29) is 5.91 Å². The first kappa shape index (κ1) is 18.4. The van der Waals surface area contributed by atoms with Crippen molar-refractivity contribution in [3.63, 3.8) is 0 Å². The fourth-order valence-corrected chi connectivity index (χ4v) is 3.99. The second-order valence-corrected chi connectivity index (χ2v) is 8.31. The van der Waals surface area contributed by atoms with Crippen molar-refractivity contribution in [3.05, 3.63) is 35.4 Å². The minimum atomic E-state index is -0.646. The lowest BCUT2D eigenvalue weighted by Crippen LogP contribution is -2.42. The van der Waals surface area contributed by atoms with Crippen LogP contribution in [0.25, 0.3) is 0 Å². The molecule has 2 aliphatic heterocycles. The van der Waals surface area contributed by atoms with Gasteiger partial charge in [0.15, 0.2) is 0 Å². The van der Waals surface area contributed by atoms with Crippen LogP contribution in [-0.4, -0.2) is 58.6 Å². The molecule has 0 unspecified atom stereocenters. The molecule has 0 aliphatic carbocycles. The van der Waals surface area contributed by atoms with Gasteiger partial charge in [-0.25, -0.2) is 0 Å². The van der Waals surface area contributed by atoms with Gasteiger partial charge in [0, 0.05) is 24.7 Å². The Morgan fingerprint density at radius 3 is 2.44 bits per heavy atom. The predicted molar refractivity (Wildman–Crippen MR) is 101 cm³/mol. The van der Waals surface area contributed by atoms with Crippen molar-refractivity contribution in [1.82, 2.24) is 9.80 Å². The number of amides is 1. The Morgan fingerprint density at radius 2 is 1.80 bits per heavy atom. The van der Waals surface area contributed by atoms with Crippen LogP contribution >= 0.6 is 0 Å². The molecule has 1 aromatic carbocycles. The van der Waals surface area contributed by atoms with Crippen molar-refractivity contribution in [2.24, 2.45) is 0 Å². The number of aliphatic hydroxyl groups is 1. The van der Waals surface area contributed by atoms with Crippen LogP contribution in [0.15, 0.2) is 24.3 Å². The number of hydrogen-bond donors (Lipinski definition) is 1. The summed E-state index contributed by atoms with van der Waals surface area (Å²) < 4.78 is 0. The summed E-state index contributed by atoms with van der Waals surface area (Å²) in [7, 11) is 0. The molecule has 2 aliphatic rings. The third-order valence-electron chi connectivity index (χ3n) is 5.53. The molecular weight excluding hydrogens is 312 g/mol. The highest BCUT2D eigenvalue weighted by Crippen LogP contribution is 2.23. The average molecular weight is 344 g/mol. The summed E-state index contributed by atoms with van der Waals surface area (Å²) in [6.07, 6.45) is 6.41. The predicted octanol–water partition coefficient (Wildman–Crippen LogP) is 3.09. The zero-order chi connectivity index (χ0) is 17.9. The molecule has 0 radical (unpaired) electrons. The highest BCUT2D eigenvalue weighted by molar-refractivity contribution is 5.94. The van der Waals surface area contributed by atoms with E-state index in [1.54, 1.807) is 0 Å². The zero-order valence-electron chi connectivity index (χ0n) is 15.7. The fraction of sp³-hybridized carbons (Fsp3) is 0.667. The standard InChI is InChI=1S/C21H32N2O2/c1-21(2,25)12-11-17-7-9-18(10-8-17)20(24)23-15-5-6-19(23)16-22-13-3-4-14-22/h7-10,19,25H,3-6,11-16H2,1-2H3/t19-/m0/s1. The number of rotatable bonds is 6. The summed E-state index contributed by atoms with van der Waals surface area (Å²) in [5, 5.41) is 9.85. The molecule has 0 spiro atoms. The minimum absolute atomic E-state index is 0.177. The van der Waals surface area contributed by atoms with Crippen molar-refractivity contribution >= 4 is 5.91 Å². The van der Waals surface area contributed by atoms with Crippen LogP contribution in [0.1, 0.15) is 61.9 Å². The summed E-state index contributed by atoms with van der Waals surface area (Å²) in [5.41, 5.74) is 1.32. The number of aryl methyl sites for hydroxylation is 1. The molecule has 0 bridgehead atoms. The fourth-order valence-electron chi connectivity index (χ4n) is 3.99. The lowest BCUT2D eigenvalue weighted by Gasteiger charge is -2.28. The Bertz CT molecular complexity index is 571. The van der Waals surface area contributed by atoms with E-state index in [2.05, 4.69) is 9.80 Å². The van der Waals surface area contributed by atoms with Gasteiger partial charge in [0.25, 0.3) is 5.91 Å².